The molecule has 2 aromatic rings. The second-order valence-electron chi connectivity index (χ2n) is 6.42. The predicted molar refractivity (Wildman–Crippen MR) is 106 cm³/mol. The minimum absolute atomic E-state index is 0.202. The number of rotatable bonds is 5. The van der Waals surface area contributed by atoms with Crippen LogP contribution < -0.4 is 15.0 Å². The molecule has 27 heavy (non-hydrogen) atoms. The van der Waals surface area contributed by atoms with Crippen LogP contribution in [0.4, 0.5) is 11.4 Å². The van der Waals surface area contributed by atoms with Crippen LogP contribution in [0.2, 0.25) is 0 Å². The van der Waals surface area contributed by atoms with Gasteiger partial charge >= 0.3 is 0 Å². The van der Waals surface area contributed by atoms with E-state index in [-0.39, 0.29) is 11.8 Å². The smallest absolute Gasteiger partial charge is 0.259 e. The molecule has 0 spiro atoms. The molecule has 0 saturated carbocycles. The summed E-state index contributed by atoms with van der Waals surface area (Å²) in [5.74, 6) is 0.557. The molecule has 0 aliphatic carbocycles. The van der Waals surface area contributed by atoms with Crippen LogP contribution in [0.15, 0.2) is 48.5 Å². The summed E-state index contributed by atoms with van der Waals surface area (Å²) in [5.41, 5.74) is 2.32. The molecule has 142 valence electrons. The number of nitrogens with one attached hydrogen (secondary N) is 1. The molecule has 1 fully saturated rings. The minimum Gasteiger partial charge on any atom is -0.496 e. The summed E-state index contributed by atoms with van der Waals surface area (Å²) in [6.45, 7) is 5.03. The molecule has 1 N–H and O–H groups in total. The topological polar surface area (TPSA) is 61.9 Å². The molecule has 0 radical (unpaired) electrons. The Bertz CT molecular complexity index is 797. The zero-order valence-electron chi connectivity index (χ0n) is 15.8. The van der Waals surface area contributed by atoms with Crippen molar-refractivity contribution in [1.29, 1.82) is 0 Å². The zero-order chi connectivity index (χ0) is 19.2. The molecule has 6 heteroatoms. The van der Waals surface area contributed by atoms with Crippen molar-refractivity contribution >= 4 is 23.2 Å². The van der Waals surface area contributed by atoms with Gasteiger partial charge in [-0.25, -0.2) is 0 Å². The lowest BCUT2D eigenvalue weighted by Gasteiger charge is -2.36. The Labute approximate surface area is 159 Å². The van der Waals surface area contributed by atoms with Crippen molar-refractivity contribution in [2.45, 2.75) is 13.3 Å². The molecule has 3 rings (SSSR count). The molecule has 1 heterocycles. The van der Waals surface area contributed by atoms with E-state index in [0.29, 0.717) is 17.7 Å². The monoisotopic (exact) mass is 367 g/mol. The van der Waals surface area contributed by atoms with Gasteiger partial charge in [-0.15, -0.1) is 0 Å². The van der Waals surface area contributed by atoms with Crippen LogP contribution in [0.5, 0.6) is 5.75 Å². The van der Waals surface area contributed by atoms with Crippen molar-refractivity contribution in [3.8, 4) is 5.75 Å². The van der Waals surface area contributed by atoms with Crippen LogP contribution in [0, 0.1) is 0 Å². The number of hydrogen-bond donors (Lipinski definition) is 1. The highest BCUT2D eigenvalue weighted by Gasteiger charge is 2.20. The van der Waals surface area contributed by atoms with E-state index in [1.807, 2.05) is 48.2 Å². The fourth-order valence-corrected chi connectivity index (χ4v) is 3.22. The summed E-state index contributed by atoms with van der Waals surface area (Å²) in [6, 6.07) is 14.9. The van der Waals surface area contributed by atoms with Crippen LogP contribution in [0.1, 0.15) is 23.7 Å². The average Bonchev–Trinajstić information content (AvgIpc) is 2.73. The first-order valence-electron chi connectivity index (χ1n) is 9.19. The SMILES string of the molecule is CCC(=O)N1CCN(c2ccc(NC(=O)c3ccccc3OC)cc2)CC1. The number of para-hydroxylation sites is 1. The minimum atomic E-state index is -0.202. The molecule has 2 amide bonds. The fraction of sp³-hybridized carbons (Fsp3) is 0.333. The second kappa shape index (κ2) is 8.58. The number of ether oxygens (including phenoxy) is 1. The summed E-state index contributed by atoms with van der Waals surface area (Å²) in [5, 5.41) is 2.90. The zero-order valence-corrected chi connectivity index (χ0v) is 15.8. The number of amides is 2. The Kier molecular flexibility index (Phi) is 5.96. The number of carbonyl (C=O) groups excluding carboxylic acids is 2. The number of hydrogen-bond acceptors (Lipinski definition) is 4. The van der Waals surface area contributed by atoms with Gasteiger partial charge < -0.3 is 19.9 Å². The first kappa shape index (κ1) is 18.8. The molecule has 1 aliphatic heterocycles. The van der Waals surface area contributed by atoms with E-state index in [4.69, 9.17) is 4.74 Å². The first-order valence-corrected chi connectivity index (χ1v) is 9.19. The maximum atomic E-state index is 12.5. The molecule has 1 aliphatic rings. The Morgan fingerprint density at radius 1 is 1.00 bits per heavy atom. The Balaban J connectivity index is 1.61. The maximum absolute atomic E-state index is 12.5. The number of nitrogens with zero attached hydrogens (tertiary/aromatic N) is 2. The molecule has 6 nitrogen and oxygen atoms in total. The van der Waals surface area contributed by atoms with Crippen LogP contribution in [0.25, 0.3) is 0 Å². The molecular formula is C21H25N3O3. The van der Waals surface area contributed by atoms with Gasteiger partial charge in [0.2, 0.25) is 5.91 Å². The standard InChI is InChI=1S/C21H25N3O3/c1-3-20(25)24-14-12-23(13-15-24)17-10-8-16(9-11-17)22-21(26)18-6-4-5-7-19(18)27-2/h4-11H,3,12-15H2,1-2H3,(H,22,26). The van der Waals surface area contributed by atoms with Crippen LogP contribution >= 0.6 is 0 Å². The van der Waals surface area contributed by atoms with E-state index in [9.17, 15) is 9.59 Å². The average molecular weight is 367 g/mol. The molecular weight excluding hydrogens is 342 g/mol. The molecule has 0 unspecified atom stereocenters. The molecule has 1 saturated heterocycles. The fourth-order valence-electron chi connectivity index (χ4n) is 3.22. The number of methoxy groups -OCH3 is 1. The first-order chi connectivity index (χ1) is 13.1. The van der Waals surface area contributed by atoms with Crippen molar-refractivity contribution in [1.82, 2.24) is 4.90 Å². The van der Waals surface area contributed by atoms with E-state index in [0.717, 1.165) is 37.6 Å². The number of benzene rings is 2. The largest absolute Gasteiger partial charge is 0.496 e. The second-order valence-corrected chi connectivity index (χ2v) is 6.42. The van der Waals surface area contributed by atoms with Gasteiger partial charge in [-0.1, -0.05) is 19.1 Å². The van der Waals surface area contributed by atoms with Gasteiger partial charge in [-0.2, -0.15) is 0 Å². The van der Waals surface area contributed by atoms with Crippen molar-refractivity contribution < 1.29 is 14.3 Å². The normalized spacial score (nSPS) is 14.0. The quantitative estimate of drug-likeness (QED) is 0.882. The highest BCUT2D eigenvalue weighted by Crippen LogP contribution is 2.22. The highest BCUT2D eigenvalue weighted by molar-refractivity contribution is 6.06. The molecule has 0 bridgehead atoms. The van der Waals surface area contributed by atoms with Gasteiger partial charge in [0.15, 0.2) is 0 Å². The maximum Gasteiger partial charge on any atom is 0.259 e. The van der Waals surface area contributed by atoms with Gasteiger partial charge in [-0.3, -0.25) is 9.59 Å². The van der Waals surface area contributed by atoms with Gasteiger partial charge in [0.1, 0.15) is 5.75 Å². The predicted octanol–water partition coefficient (Wildman–Crippen LogP) is 3.01. The summed E-state index contributed by atoms with van der Waals surface area (Å²) in [7, 11) is 1.55. The third kappa shape index (κ3) is 4.39. The lowest BCUT2D eigenvalue weighted by atomic mass is 10.1. The van der Waals surface area contributed by atoms with Crippen LogP contribution in [-0.4, -0.2) is 50.0 Å². The van der Waals surface area contributed by atoms with E-state index in [1.54, 1.807) is 19.2 Å². The van der Waals surface area contributed by atoms with Gasteiger partial charge in [0, 0.05) is 44.0 Å². The third-order valence-corrected chi connectivity index (χ3v) is 4.78. The van der Waals surface area contributed by atoms with Gasteiger partial charge in [-0.05, 0) is 36.4 Å². The summed E-state index contributed by atoms with van der Waals surface area (Å²) < 4.78 is 5.24. The van der Waals surface area contributed by atoms with E-state index >= 15 is 0 Å². The van der Waals surface area contributed by atoms with E-state index in [2.05, 4.69) is 10.2 Å². The van der Waals surface area contributed by atoms with Crippen molar-refractivity contribution in [3.05, 3.63) is 54.1 Å². The lowest BCUT2D eigenvalue weighted by Crippen LogP contribution is -2.48. The van der Waals surface area contributed by atoms with Crippen LogP contribution in [0.3, 0.4) is 0 Å². The van der Waals surface area contributed by atoms with Crippen molar-refractivity contribution in [2.24, 2.45) is 0 Å². The Hall–Kier alpha value is -3.02. The summed E-state index contributed by atoms with van der Waals surface area (Å²) in [4.78, 5) is 28.4. The lowest BCUT2D eigenvalue weighted by molar-refractivity contribution is -0.131. The number of carbonyl (C=O) groups is 2. The third-order valence-electron chi connectivity index (χ3n) is 4.78. The summed E-state index contributed by atoms with van der Waals surface area (Å²) >= 11 is 0. The Morgan fingerprint density at radius 2 is 1.67 bits per heavy atom. The summed E-state index contributed by atoms with van der Waals surface area (Å²) in [6.07, 6.45) is 0.556. The van der Waals surface area contributed by atoms with Gasteiger partial charge in [0.05, 0.1) is 12.7 Å². The van der Waals surface area contributed by atoms with E-state index in [1.165, 1.54) is 0 Å². The van der Waals surface area contributed by atoms with Crippen LogP contribution in [-0.2, 0) is 4.79 Å². The number of piperazine rings is 1. The van der Waals surface area contributed by atoms with E-state index < -0.39 is 0 Å². The number of anilines is 2. The highest BCUT2D eigenvalue weighted by atomic mass is 16.5. The Morgan fingerprint density at radius 3 is 2.30 bits per heavy atom. The molecule has 0 atom stereocenters. The van der Waals surface area contributed by atoms with Crippen molar-refractivity contribution in [2.75, 3.05) is 43.5 Å². The molecule has 2 aromatic carbocycles. The van der Waals surface area contributed by atoms with Crippen molar-refractivity contribution in [3.63, 3.8) is 0 Å². The molecule has 0 aromatic heterocycles. The van der Waals surface area contributed by atoms with Gasteiger partial charge in [0.25, 0.3) is 5.91 Å².